The molecule has 0 atom stereocenters. The third kappa shape index (κ3) is 2.74. The molecule has 2 aliphatic rings. The normalized spacial score (nSPS) is 23.6. The molecule has 1 fully saturated rings. The number of carbonyl (C=O) groups excluding carboxylic acids is 2. The average molecular weight is 250 g/mol. The van der Waals surface area contributed by atoms with Crippen molar-refractivity contribution < 1.29 is 9.59 Å². The van der Waals surface area contributed by atoms with E-state index in [1.807, 2.05) is 12.2 Å². The molecule has 0 aromatic heterocycles. The largest absolute Gasteiger partial charge is 0.368 e. The molecule has 0 bridgehead atoms. The first-order valence-corrected chi connectivity index (χ1v) is 6.91. The molecule has 3 N–H and O–H groups in total. The summed E-state index contributed by atoms with van der Waals surface area (Å²) in [4.78, 5) is 23.9. The van der Waals surface area contributed by atoms with E-state index < -0.39 is 5.54 Å². The van der Waals surface area contributed by atoms with Gasteiger partial charge in [-0.2, -0.15) is 0 Å². The second kappa shape index (κ2) is 5.55. The molecular weight excluding hydrogens is 228 g/mol. The SMILES string of the molecule is NC(=O)C1(NC(=O)C2CC=CC2)CCCCCC1. The minimum Gasteiger partial charge on any atom is -0.368 e. The Morgan fingerprint density at radius 3 is 2.11 bits per heavy atom. The lowest BCUT2D eigenvalue weighted by molar-refractivity contribution is -0.134. The Bertz CT molecular complexity index is 347. The van der Waals surface area contributed by atoms with Crippen LogP contribution < -0.4 is 11.1 Å². The fraction of sp³-hybridized carbons (Fsp3) is 0.714. The van der Waals surface area contributed by atoms with Crippen molar-refractivity contribution in [3.05, 3.63) is 12.2 Å². The molecule has 0 aromatic rings. The Kier molecular flexibility index (Phi) is 4.04. The fourth-order valence-corrected chi connectivity index (χ4v) is 2.93. The number of rotatable bonds is 3. The highest BCUT2D eigenvalue weighted by Gasteiger charge is 2.39. The van der Waals surface area contributed by atoms with Gasteiger partial charge in [0.1, 0.15) is 5.54 Å². The minimum absolute atomic E-state index is 0.00974. The highest BCUT2D eigenvalue weighted by atomic mass is 16.2. The predicted molar refractivity (Wildman–Crippen MR) is 69.6 cm³/mol. The Balaban J connectivity index is 2.04. The van der Waals surface area contributed by atoms with Crippen LogP contribution in [0.25, 0.3) is 0 Å². The number of hydrogen-bond donors (Lipinski definition) is 2. The number of carbonyl (C=O) groups is 2. The zero-order valence-electron chi connectivity index (χ0n) is 10.8. The number of nitrogens with two attached hydrogens (primary N) is 1. The van der Waals surface area contributed by atoms with Gasteiger partial charge >= 0.3 is 0 Å². The second-order valence-electron chi connectivity index (χ2n) is 5.49. The average Bonchev–Trinajstić information content (AvgIpc) is 2.77. The van der Waals surface area contributed by atoms with E-state index in [-0.39, 0.29) is 17.7 Å². The molecule has 100 valence electrons. The molecule has 2 aliphatic carbocycles. The van der Waals surface area contributed by atoms with Gasteiger partial charge in [0.05, 0.1) is 0 Å². The van der Waals surface area contributed by atoms with Crippen LogP contribution in [0.2, 0.25) is 0 Å². The predicted octanol–water partition coefficient (Wildman–Crippen LogP) is 1.65. The third-order valence-corrected chi connectivity index (χ3v) is 4.17. The van der Waals surface area contributed by atoms with Gasteiger partial charge in [-0.1, -0.05) is 37.8 Å². The van der Waals surface area contributed by atoms with Crippen LogP contribution in [0.4, 0.5) is 0 Å². The van der Waals surface area contributed by atoms with Crippen molar-refractivity contribution in [1.82, 2.24) is 5.32 Å². The molecule has 0 radical (unpaired) electrons. The van der Waals surface area contributed by atoms with E-state index in [9.17, 15) is 9.59 Å². The maximum atomic E-state index is 12.2. The van der Waals surface area contributed by atoms with Crippen LogP contribution in [0.3, 0.4) is 0 Å². The van der Waals surface area contributed by atoms with Crippen molar-refractivity contribution >= 4 is 11.8 Å². The lowest BCUT2D eigenvalue weighted by atomic mass is 9.88. The van der Waals surface area contributed by atoms with Crippen LogP contribution >= 0.6 is 0 Å². The smallest absolute Gasteiger partial charge is 0.243 e. The van der Waals surface area contributed by atoms with E-state index in [0.717, 1.165) is 38.5 Å². The first kappa shape index (κ1) is 13.1. The Labute approximate surface area is 108 Å². The lowest BCUT2D eigenvalue weighted by Gasteiger charge is -2.31. The molecule has 2 rings (SSSR count). The molecule has 4 heteroatoms. The van der Waals surface area contributed by atoms with E-state index in [0.29, 0.717) is 12.8 Å². The van der Waals surface area contributed by atoms with E-state index >= 15 is 0 Å². The topological polar surface area (TPSA) is 72.2 Å². The van der Waals surface area contributed by atoms with Crippen LogP contribution in [0.5, 0.6) is 0 Å². The molecule has 0 unspecified atom stereocenters. The van der Waals surface area contributed by atoms with Crippen molar-refractivity contribution in [1.29, 1.82) is 0 Å². The van der Waals surface area contributed by atoms with E-state index in [1.165, 1.54) is 0 Å². The van der Waals surface area contributed by atoms with Gasteiger partial charge in [0.25, 0.3) is 0 Å². The maximum Gasteiger partial charge on any atom is 0.243 e. The molecule has 0 aromatic carbocycles. The Hall–Kier alpha value is -1.32. The van der Waals surface area contributed by atoms with Gasteiger partial charge in [-0.05, 0) is 25.7 Å². The van der Waals surface area contributed by atoms with Crippen LogP contribution in [-0.2, 0) is 9.59 Å². The van der Waals surface area contributed by atoms with Gasteiger partial charge in [0.2, 0.25) is 11.8 Å². The molecule has 0 saturated heterocycles. The zero-order valence-corrected chi connectivity index (χ0v) is 10.8. The number of primary amides is 1. The molecule has 18 heavy (non-hydrogen) atoms. The fourth-order valence-electron chi connectivity index (χ4n) is 2.93. The molecule has 0 heterocycles. The second-order valence-corrected chi connectivity index (χ2v) is 5.49. The van der Waals surface area contributed by atoms with E-state index in [2.05, 4.69) is 5.32 Å². The van der Waals surface area contributed by atoms with Gasteiger partial charge in [-0.3, -0.25) is 9.59 Å². The Morgan fingerprint density at radius 2 is 1.61 bits per heavy atom. The highest BCUT2D eigenvalue weighted by Crippen LogP contribution is 2.28. The van der Waals surface area contributed by atoms with Crippen molar-refractivity contribution in [3.63, 3.8) is 0 Å². The molecule has 0 aliphatic heterocycles. The van der Waals surface area contributed by atoms with Crippen LogP contribution in [0, 0.1) is 5.92 Å². The highest BCUT2D eigenvalue weighted by molar-refractivity contribution is 5.91. The summed E-state index contributed by atoms with van der Waals surface area (Å²) < 4.78 is 0. The Morgan fingerprint density at radius 1 is 1.06 bits per heavy atom. The van der Waals surface area contributed by atoms with Crippen molar-refractivity contribution in [2.45, 2.75) is 56.9 Å². The van der Waals surface area contributed by atoms with Gasteiger partial charge < -0.3 is 11.1 Å². The summed E-state index contributed by atoms with van der Waals surface area (Å²) in [6.45, 7) is 0. The summed E-state index contributed by atoms with van der Waals surface area (Å²) in [5.74, 6) is -0.395. The molecular formula is C14H22N2O2. The van der Waals surface area contributed by atoms with Crippen LogP contribution in [0.15, 0.2) is 12.2 Å². The van der Waals surface area contributed by atoms with E-state index in [1.54, 1.807) is 0 Å². The van der Waals surface area contributed by atoms with E-state index in [4.69, 9.17) is 5.73 Å². The molecule has 1 saturated carbocycles. The minimum atomic E-state index is -0.795. The van der Waals surface area contributed by atoms with Crippen molar-refractivity contribution in [2.24, 2.45) is 11.7 Å². The van der Waals surface area contributed by atoms with Gasteiger partial charge in [0.15, 0.2) is 0 Å². The van der Waals surface area contributed by atoms with Crippen molar-refractivity contribution in [3.8, 4) is 0 Å². The lowest BCUT2D eigenvalue weighted by Crippen LogP contribution is -2.58. The maximum absolute atomic E-state index is 12.2. The van der Waals surface area contributed by atoms with Gasteiger partial charge in [-0.15, -0.1) is 0 Å². The number of nitrogens with one attached hydrogen (secondary N) is 1. The molecule has 0 spiro atoms. The molecule has 2 amide bonds. The van der Waals surface area contributed by atoms with Gasteiger partial charge in [-0.25, -0.2) is 0 Å². The summed E-state index contributed by atoms with van der Waals surface area (Å²) in [6.07, 6.45) is 11.1. The number of amides is 2. The summed E-state index contributed by atoms with van der Waals surface area (Å²) in [6, 6.07) is 0. The van der Waals surface area contributed by atoms with Gasteiger partial charge in [0, 0.05) is 5.92 Å². The first-order chi connectivity index (χ1) is 8.64. The van der Waals surface area contributed by atoms with Crippen LogP contribution in [0.1, 0.15) is 51.4 Å². The van der Waals surface area contributed by atoms with Crippen LogP contribution in [-0.4, -0.2) is 17.4 Å². The number of allylic oxidation sites excluding steroid dienone is 2. The van der Waals surface area contributed by atoms with Crippen molar-refractivity contribution in [2.75, 3.05) is 0 Å². The third-order valence-electron chi connectivity index (χ3n) is 4.17. The number of hydrogen-bond acceptors (Lipinski definition) is 2. The summed E-state index contributed by atoms with van der Waals surface area (Å²) in [5.41, 5.74) is 4.75. The molecule has 4 nitrogen and oxygen atoms in total. The summed E-state index contributed by atoms with van der Waals surface area (Å²) >= 11 is 0. The first-order valence-electron chi connectivity index (χ1n) is 6.91. The quantitative estimate of drug-likeness (QED) is 0.590. The zero-order chi connectivity index (χ0) is 13.0. The summed E-state index contributed by atoms with van der Waals surface area (Å²) in [7, 11) is 0. The summed E-state index contributed by atoms with van der Waals surface area (Å²) in [5, 5.41) is 2.96. The monoisotopic (exact) mass is 250 g/mol. The standard InChI is InChI=1S/C14H22N2O2/c15-13(18)14(9-5-1-2-6-10-14)16-12(17)11-7-3-4-8-11/h3-4,11H,1-2,5-10H2,(H2,15,18)(H,16,17).